The van der Waals surface area contributed by atoms with E-state index < -0.39 is 6.04 Å². The third kappa shape index (κ3) is 6.71. The zero-order chi connectivity index (χ0) is 27.2. The monoisotopic (exact) mass is 532 g/mol. The number of carbonyl (C=O) groups excluding carboxylic acids is 2. The van der Waals surface area contributed by atoms with Crippen LogP contribution in [0.1, 0.15) is 59.5 Å². The molecule has 0 bridgehead atoms. The van der Waals surface area contributed by atoms with E-state index in [-0.39, 0.29) is 23.5 Å². The SMILES string of the molecule is N#Cc1ccc(C(=O)N[C@H](CCCN[C@@H]2C[C@H]2c2ccc(F)cc2)C(=O)N2CCC(C3=NNNN3)CC2)cc1. The smallest absolute Gasteiger partial charge is 0.251 e. The molecule has 1 aliphatic carbocycles. The standard InChI is InChI=1S/C28H33FN8O2/c29-22-9-7-19(8-10-22)23-16-25(23)31-13-1-2-24(32-27(38)21-5-3-18(17-30)4-6-21)28(39)37-14-11-20(12-15-37)26-33-35-36-34-26/h3-10,20,23-25,31,35-36H,1-2,11-16H2,(H,32,38)(H,33,34)/t23-,24+,25+/m0/s1. The molecular weight excluding hydrogens is 499 g/mol. The largest absolute Gasteiger partial charge is 0.341 e. The first kappa shape index (κ1) is 26.6. The van der Waals surface area contributed by atoms with E-state index in [1.165, 1.54) is 12.1 Å². The molecule has 2 fully saturated rings. The maximum atomic E-state index is 13.5. The lowest BCUT2D eigenvalue weighted by molar-refractivity contribution is -0.134. The minimum atomic E-state index is -0.649. The molecule has 39 heavy (non-hydrogen) atoms. The van der Waals surface area contributed by atoms with Gasteiger partial charge in [-0.05, 0) is 80.6 Å². The number of nitrogens with zero attached hydrogens (tertiary/aromatic N) is 3. The molecule has 0 aromatic heterocycles. The molecule has 10 nitrogen and oxygen atoms in total. The van der Waals surface area contributed by atoms with Crippen LogP contribution in [0.4, 0.5) is 4.39 Å². The number of hydrazine groups is 2. The van der Waals surface area contributed by atoms with Crippen LogP contribution in [-0.2, 0) is 4.79 Å². The molecule has 0 spiro atoms. The molecule has 11 heteroatoms. The Morgan fingerprint density at radius 1 is 1.13 bits per heavy atom. The number of hydrogen-bond donors (Lipinski definition) is 5. The Labute approximate surface area is 227 Å². The summed E-state index contributed by atoms with van der Waals surface area (Å²) in [4.78, 5) is 28.4. The van der Waals surface area contributed by atoms with Crippen molar-refractivity contribution in [2.75, 3.05) is 19.6 Å². The summed E-state index contributed by atoms with van der Waals surface area (Å²) >= 11 is 0. The van der Waals surface area contributed by atoms with E-state index >= 15 is 0 Å². The van der Waals surface area contributed by atoms with Crippen LogP contribution in [0, 0.1) is 23.1 Å². The fourth-order valence-corrected chi connectivity index (χ4v) is 5.28. The van der Waals surface area contributed by atoms with Crippen molar-refractivity contribution in [3.8, 4) is 6.07 Å². The number of carbonyl (C=O) groups is 2. The van der Waals surface area contributed by atoms with Crippen LogP contribution in [0.2, 0.25) is 0 Å². The van der Waals surface area contributed by atoms with Crippen LogP contribution in [0.3, 0.4) is 0 Å². The van der Waals surface area contributed by atoms with Gasteiger partial charge in [-0.25, -0.2) is 9.93 Å². The Bertz CT molecular complexity index is 1240. The van der Waals surface area contributed by atoms with E-state index in [1.54, 1.807) is 24.3 Å². The summed E-state index contributed by atoms with van der Waals surface area (Å²) in [5, 5.41) is 19.7. The van der Waals surface area contributed by atoms with Gasteiger partial charge in [0, 0.05) is 36.5 Å². The Balaban J connectivity index is 1.15. The van der Waals surface area contributed by atoms with Crippen molar-refractivity contribution < 1.29 is 14.0 Å². The average Bonchev–Trinajstić information content (AvgIpc) is 3.53. The normalized spacial score (nSPS) is 21.2. The first-order valence-corrected chi connectivity index (χ1v) is 13.4. The number of amides is 2. The number of halogens is 1. The number of benzene rings is 2. The number of nitriles is 1. The summed E-state index contributed by atoms with van der Waals surface area (Å²) in [6.07, 6.45) is 3.79. The van der Waals surface area contributed by atoms with Gasteiger partial charge in [0.25, 0.3) is 5.91 Å². The zero-order valence-corrected chi connectivity index (χ0v) is 21.6. The van der Waals surface area contributed by atoms with Gasteiger partial charge in [0.1, 0.15) is 17.7 Å². The third-order valence-corrected chi connectivity index (χ3v) is 7.66. The highest BCUT2D eigenvalue weighted by atomic mass is 19.1. The molecule has 2 heterocycles. The van der Waals surface area contributed by atoms with E-state index in [4.69, 9.17) is 5.26 Å². The zero-order valence-electron chi connectivity index (χ0n) is 21.6. The average molecular weight is 533 g/mol. The molecule has 204 valence electrons. The lowest BCUT2D eigenvalue weighted by atomic mass is 9.95. The number of piperidine rings is 1. The van der Waals surface area contributed by atoms with Gasteiger partial charge in [-0.15, -0.1) is 10.6 Å². The molecular formula is C28H33FN8O2. The number of amidine groups is 1. The van der Waals surface area contributed by atoms with Crippen LogP contribution < -0.4 is 27.1 Å². The third-order valence-electron chi connectivity index (χ3n) is 7.66. The fraction of sp³-hybridized carbons (Fsp3) is 0.429. The Kier molecular flexibility index (Phi) is 8.34. The second-order valence-corrected chi connectivity index (χ2v) is 10.3. The lowest BCUT2D eigenvalue weighted by Crippen LogP contribution is -2.52. The molecule has 2 aliphatic heterocycles. The molecule has 3 aliphatic rings. The molecule has 1 saturated carbocycles. The summed E-state index contributed by atoms with van der Waals surface area (Å²) in [6, 6.07) is 14.8. The molecule has 1 saturated heterocycles. The molecule has 0 unspecified atom stereocenters. The Hall–Kier alpha value is -4.01. The van der Waals surface area contributed by atoms with Crippen molar-refractivity contribution >= 4 is 17.6 Å². The fourth-order valence-electron chi connectivity index (χ4n) is 5.28. The summed E-state index contributed by atoms with van der Waals surface area (Å²) in [7, 11) is 0. The van der Waals surface area contributed by atoms with Crippen LogP contribution in [-0.4, -0.2) is 54.3 Å². The predicted molar refractivity (Wildman–Crippen MR) is 143 cm³/mol. The van der Waals surface area contributed by atoms with Crippen molar-refractivity contribution in [2.24, 2.45) is 11.0 Å². The highest BCUT2D eigenvalue weighted by Gasteiger charge is 2.38. The molecule has 3 atom stereocenters. The highest BCUT2D eigenvalue weighted by molar-refractivity contribution is 5.97. The maximum absolute atomic E-state index is 13.5. The highest BCUT2D eigenvalue weighted by Crippen LogP contribution is 2.40. The van der Waals surface area contributed by atoms with E-state index in [2.05, 4.69) is 32.2 Å². The van der Waals surface area contributed by atoms with Gasteiger partial charge >= 0.3 is 0 Å². The van der Waals surface area contributed by atoms with Crippen molar-refractivity contribution in [1.29, 1.82) is 5.26 Å². The number of likely N-dealkylation sites (tertiary alicyclic amines) is 1. The quantitative estimate of drug-likeness (QED) is 0.295. The second kappa shape index (κ2) is 12.2. The van der Waals surface area contributed by atoms with Crippen molar-refractivity contribution in [3.63, 3.8) is 0 Å². The Morgan fingerprint density at radius 2 is 1.87 bits per heavy atom. The van der Waals surface area contributed by atoms with E-state index in [0.29, 0.717) is 55.6 Å². The van der Waals surface area contributed by atoms with Gasteiger partial charge in [-0.3, -0.25) is 15.0 Å². The van der Waals surface area contributed by atoms with Crippen molar-refractivity contribution in [3.05, 3.63) is 71.0 Å². The van der Waals surface area contributed by atoms with Crippen LogP contribution in [0.5, 0.6) is 0 Å². The van der Waals surface area contributed by atoms with Crippen LogP contribution in [0.25, 0.3) is 0 Å². The summed E-state index contributed by atoms with van der Waals surface area (Å²) in [6.45, 7) is 1.90. The van der Waals surface area contributed by atoms with Gasteiger partial charge in [0.2, 0.25) is 5.91 Å². The van der Waals surface area contributed by atoms with Gasteiger partial charge in [-0.1, -0.05) is 12.1 Å². The van der Waals surface area contributed by atoms with Crippen molar-refractivity contribution in [1.82, 2.24) is 32.0 Å². The minimum absolute atomic E-state index is 0.0800. The van der Waals surface area contributed by atoms with Crippen LogP contribution in [0.15, 0.2) is 53.6 Å². The van der Waals surface area contributed by atoms with Gasteiger partial charge in [0.15, 0.2) is 0 Å². The number of rotatable bonds is 10. The molecule has 0 radical (unpaired) electrons. The molecule has 2 aromatic carbocycles. The molecule has 2 amide bonds. The number of hydrogen-bond acceptors (Lipinski definition) is 8. The van der Waals surface area contributed by atoms with E-state index in [1.807, 2.05) is 23.1 Å². The number of nitrogens with one attached hydrogen (secondary N) is 5. The lowest BCUT2D eigenvalue weighted by Gasteiger charge is -2.34. The number of hydrazone groups is 1. The predicted octanol–water partition coefficient (Wildman–Crippen LogP) is 1.89. The molecule has 5 rings (SSSR count). The summed E-state index contributed by atoms with van der Waals surface area (Å²) < 4.78 is 13.2. The Morgan fingerprint density at radius 3 is 2.54 bits per heavy atom. The first-order valence-electron chi connectivity index (χ1n) is 13.4. The van der Waals surface area contributed by atoms with E-state index in [9.17, 15) is 14.0 Å². The molecule has 5 N–H and O–H groups in total. The first-order chi connectivity index (χ1) is 19.0. The van der Waals surface area contributed by atoms with E-state index in [0.717, 1.165) is 30.7 Å². The topological polar surface area (TPSA) is 134 Å². The summed E-state index contributed by atoms with van der Waals surface area (Å²) in [5.74, 6) is 0.817. The summed E-state index contributed by atoms with van der Waals surface area (Å²) in [5.41, 5.74) is 10.4. The van der Waals surface area contributed by atoms with Gasteiger partial charge in [0.05, 0.1) is 11.6 Å². The van der Waals surface area contributed by atoms with Crippen molar-refractivity contribution in [2.45, 2.75) is 50.1 Å². The van der Waals surface area contributed by atoms with Gasteiger partial charge in [-0.2, -0.15) is 5.26 Å². The minimum Gasteiger partial charge on any atom is -0.341 e. The second-order valence-electron chi connectivity index (χ2n) is 10.3. The molecule has 2 aromatic rings. The van der Waals surface area contributed by atoms with Crippen LogP contribution >= 0.6 is 0 Å². The van der Waals surface area contributed by atoms with Gasteiger partial charge < -0.3 is 15.5 Å². The maximum Gasteiger partial charge on any atom is 0.251 e.